The lowest BCUT2D eigenvalue weighted by Gasteiger charge is -2.33. The Morgan fingerprint density at radius 1 is 1.18 bits per heavy atom. The zero-order chi connectivity index (χ0) is 20.2. The largest absolute Gasteiger partial charge is 0.357 e. The van der Waals surface area contributed by atoms with E-state index in [4.69, 9.17) is 0 Å². The van der Waals surface area contributed by atoms with Gasteiger partial charge in [-0.25, -0.2) is 8.42 Å². The van der Waals surface area contributed by atoms with Gasteiger partial charge in [-0.15, -0.1) is 0 Å². The molecule has 158 valence electrons. The van der Waals surface area contributed by atoms with Crippen molar-refractivity contribution in [3.8, 4) is 0 Å². The highest BCUT2D eigenvalue weighted by molar-refractivity contribution is 7.91. The molecule has 0 aromatic heterocycles. The Hall–Kier alpha value is -1.60. The first-order valence-electron chi connectivity index (χ1n) is 10.6. The fraction of sp³-hybridized carbons (Fsp3) is 0.667. The van der Waals surface area contributed by atoms with Crippen molar-refractivity contribution in [2.45, 2.75) is 56.9 Å². The lowest BCUT2D eigenvalue weighted by molar-refractivity contribution is 0.159. The topological polar surface area (TPSA) is 73.8 Å². The van der Waals surface area contributed by atoms with Crippen molar-refractivity contribution in [3.05, 3.63) is 30.3 Å². The van der Waals surface area contributed by atoms with E-state index in [1.165, 1.54) is 25.8 Å². The maximum Gasteiger partial charge on any atom is 0.191 e. The molecular weight excluding hydrogens is 372 g/mol. The predicted molar refractivity (Wildman–Crippen MR) is 117 cm³/mol. The number of guanidine groups is 1. The van der Waals surface area contributed by atoms with E-state index in [1.54, 1.807) is 24.3 Å². The Balaban J connectivity index is 1.71. The van der Waals surface area contributed by atoms with Crippen LogP contribution in [0.1, 0.15) is 46.0 Å². The van der Waals surface area contributed by atoms with E-state index < -0.39 is 9.84 Å². The lowest BCUT2D eigenvalue weighted by Crippen LogP contribution is -2.41. The fourth-order valence-electron chi connectivity index (χ4n) is 3.51. The van der Waals surface area contributed by atoms with Gasteiger partial charge in [-0.2, -0.15) is 0 Å². The Morgan fingerprint density at radius 2 is 1.96 bits per heavy atom. The van der Waals surface area contributed by atoms with Crippen LogP contribution in [0.25, 0.3) is 0 Å². The van der Waals surface area contributed by atoms with Crippen LogP contribution >= 0.6 is 0 Å². The number of sulfone groups is 1. The number of nitrogens with one attached hydrogen (secondary N) is 2. The summed E-state index contributed by atoms with van der Waals surface area (Å²) in [5.41, 5.74) is 0. The van der Waals surface area contributed by atoms with Crippen LogP contribution in [-0.4, -0.2) is 63.8 Å². The van der Waals surface area contributed by atoms with Crippen LogP contribution in [0.5, 0.6) is 0 Å². The standard InChI is InChI=1S/C21H36N4O2S/c1-3-22-21(23-14-9-17-25-16-8-7-11-19(25)2)24-15-10-18-28(26,27)20-12-5-4-6-13-20/h4-6,12-13,19H,3,7-11,14-18H2,1-2H3,(H2,22,23,24). The van der Waals surface area contributed by atoms with E-state index in [2.05, 4.69) is 27.4 Å². The molecule has 7 heteroatoms. The maximum absolute atomic E-state index is 12.3. The van der Waals surface area contributed by atoms with Gasteiger partial charge in [0, 0.05) is 32.2 Å². The van der Waals surface area contributed by atoms with Crippen molar-refractivity contribution in [1.82, 2.24) is 15.5 Å². The second kappa shape index (κ2) is 12.1. The van der Waals surface area contributed by atoms with Gasteiger partial charge in [0.1, 0.15) is 0 Å². The SMILES string of the molecule is CCNC(=NCCCS(=O)(=O)c1ccccc1)NCCCN1CCCCC1C. The molecule has 1 unspecified atom stereocenters. The molecule has 28 heavy (non-hydrogen) atoms. The van der Waals surface area contributed by atoms with E-state index in [-0.39, 0.29) is 5.75 Å². The van der Waals surface area contributed by atoms with Crippen molar-refractivity contribution >= 4 is 15.8 Å². The summed E-state index contributed by atoms with van der Waals surface area (Å²) in [5.74, 6) is 0.888. The van der Waals surface area contributed by atoms with E-state index in [0.717, 1.165) is 32.0 Å². The summed E-state index contributed by atoms with van der Waals surface area (Å²) in [6.45, 7) is 8.83. The minimum absolute atomic E-state index is 0.118. The highest BCUT2D eigenvalue weighted by atomic mass is 32.2. The second-order valence-corrected chi connectivity index (χ2v) is 9.52. The van der Waals surface area contributed by atoms with Gasteiger partial charge in [-0.3, -0.25) is 4.99 Å². The minimum atomic E-state index is -3.22. The first kappa shape index (κ1) is 22.7. The molecule has 2 rings (SSSR count). The van der Waals surface area contributed by atoms with Crippen LogP contribution in [-0.2, 0) is 9.84 Å². The van der Waals surface area contributed by atoms with Crippen LogP contribution in [0.2, 0.25) is 0 Å². The first-order chi connectivity index (χ1) is 13.5. The number of aliphatic imine (C=N–C) groups is 1. The normalized spacial score (nSPS) is 18.8. The zero-order valence-electron chi connectivity index (χ0n) is 17.4. The Morgan fingerprint density at radius 3 is 2.68 bits per heavy atom. The number of benzene rings is 1. The molecule has 1 atom stereocenters. The van der Waals surface area contributed by atoms with Gasteiger partial charge in [0.25, 0.3) is 0 Å². The molecule has 1 saturated heterocycles. The summed E-state index contributed by atoms with van der Waals surface area (Å²) in [6, 6.07) is 9.32. The van der Waals surface area contributed by atoms with Gasteiger partial charge >= 0.3 is 0 Å². The van der Waals surface area contributed by atoms with E-state index >= 15 is 0 Å². The summed E-state index contributed by atoms with van der Waals surface area (Å²) >= 11 is 0. The van der Waals surface area contributed by atoms with Gasteiger partial charge in [-0.05, 0) is 58.2 Å². The molecule has 1 aromatic carbocycles. The van der Waals surface area contributed by atoms with Crippen molar-refractivity contribution in [1.29, 1.82) is 0 Å². The van der Waals surface area contributed by atoms with E-state index in [0.29, 0.717) is 23.9 Å². The van der Waals surface area contributed by atoms with Gasteiger partial charge in [0.2, 0.25) is 0 Å². The number of likely N-dealkylation sites (tertiary alicyclic amines) is 1. The molecule has 1 aromatic rings. The molecule has 0 bridgehead atoms. The van der Waals surface area contributed by atoms with E-state index in [9.17, 15) is 8.42 Å². The smallest absolute Gasteiger partial charge is 0.191 e. The molecule has 0 saturated carbocycles. The average Bonchev–Trinajstić information content (AvgIpc) is 2.70. The van der Waals surface area contributed by atoms with Crippen LogP contribution in [0.15, 0.2) is 40.2 Å². The quantitative estimate of drug-likeness (QED) is 0.354. The Bertz CT molecular complexity index is 692. The van der Waals surface area contributed by atoms with Crippen LogP contribution in [0.3, 0.4) is 0 Å². The third kappa shape index (κ3) is 7.80. The molecule has 1 aliphatic rings. The molecule has 1 fully saturated rings. The summed E-state index contributed by atoms with van der Waals surface area (Å²) in [6.07, 6.45) is 5.57. The highest BCUT2D eigenvalue weighted by Gasteiger charge is 2.17. The van der Waals surface area contributed by atoms with E-state index in [1.807, 2.05) is 13.0 Å². The summed E-state index contributed by atoms with van der Waals surface area (Å²) in [5, 5.41) is 6.60. The number of nitrogens with zero attached hydrogens (tertiary/aromatic N) is 2. The monoisotopic (exact) mass is 408 g/mol. The number of rotatable bonds is 10. The summed E-state index contributed by atoms with van der Waals surface area (Å²) < 4.78 is 24.6. The minimum Gasteiger partial charge on any atom is -0.357 e. The number of hydrogen-bond donors (Lipinski definition) is 2. The van der Waals surface area contributed by atoms with Crippen LogP contribution in [0.4, 0.5) is 0 Å². The number of piperidine rings is 1. The Kier molecular flexibility index (Phi) is 9.78. The molecule has 0 spiro atoms. The molecule has 2 N–H and O–H groups in total. The summed E-state index contributed by atoms with van der Waals surface area (Å²) in [7, 11) is -3.22. The van der Waals surface area contributed by atoms with Crippen molar-refractivity contribution < 1.29 is 8.42 Å². The molecule has 0 amide bonds. The molecular formula is C21H36N4O2S. The maximum atomic E-state index is 12.3. The van der Waals surface area contributed by atoms with Crippen molar-refractivity contribution in [2.24, 2.45) is 4.99 Å². The highest BCUT2D eigenvalue weighted by Crippen LogP contribution is 2.16. The fourth-order valence-corrected chi connectivity index (χ4v) is 4.83. The third-order valence-corrected chi connectivity index (χ3v) is 6.96. The molecule has 6 nitrogen and oxygen atoms in total. The van der Waals surface area contributed by atoms with Gasteiger partial charge in [0.05, 0.1) is 10.6 Å². The summed E-state index contributed by atoms with van der Waals surface area (Å²) in [4.78, 5) is 7.48. The predicted octanol–water partition coefficient (Wildman–Crippen LogP) is 2.67. The third-order valence-electron chi connectivity index (χ3n) is 5.14. The van der Waals surface area contributed by atoms with Gasteiger partial charge < -0.3 is 15.5 Å². The van der Waals surface area contributed by atoms with Crippen LogP contribution < -0.4 is 10.6 Å². The first-order valence-corrected chi connectivity index (χ1v) is 12.2. The molecule has 0 radical (unpaired) electrons. The van der Waals surface area contributed by atoms with Crippen LogP contribution in [0, 0.1) is 0 Å². The van der Waals surface area contributed by atoms with Crippen molar-refractivity contribution in [3.63, 3.8) is 0 Å². The lowest BCUT2D eigenvalue weighted by atomic mass is 10.0. The molecule has 0 aliphatic carbocycles. The zero-order valence-corrected chi connectivity index (χ0v) is 18.2. The Labute approximate surface area is 170 Å². The molecule has 1 heterocycles. The second-order valence-electron chi connectivity index (χ2n) is 7.41. The van der Waals surface area contributed by atoms with Gasteiger partial charge in [-0.1, -0.05) is 24.6 Å². The molecule has 1 aliphatic heterocycles. The average molecular weight is 409 g/mol. The van der Waals surface area contributed by atoms with Gasteiger partial charge in [0.15, 0.2) is 15.8 Å². The van der Waals surface area contributed by atoms with Crippen molar-refractivity contribution in [2.75, 3.05) is 38.5 Å². The number of hydrogen-bond acceptors (Lipinski definition) is 4.